The zero-order chi connectivity index (χ0) is 22.6. The van der Waals surface area contributed by atoms with Crippen LogP contribution in [0.2, 0.25) is 0 Å². The summed E-state index contributed by atoms with van der Waals surface area (Å²) in [5.74, 6) is -1.26. The van der Waals surface area contributed by atoms with E-state index in [1.54, 1.807) is 4.90 Å². The number of nitrogens with two attached hydrogens (primary N) is 1. The van der Waals surface area contributed by atoms with Crippen molar-refractivity contribution in [2.24, 2.45) is 5.73 Å². The number of nitriles is 1. The number of halogens is 1. The van der Waals surface area contributed by atoms with E-state index in [0.717, 1.165) is 12.0 Å². The normalized spacial score (nSPS) is 22.1. The van der Waals surface area contributed by atoms with Crippen molar-refractivity contribution in [2.75, 3.05) is 10.2 Å². The lowest BCUT2D eigenvalue weighted by atomic mass is 9.64. The van der Waals surface area contributed by atoms with Gasteiger partial charge >= 0.3 is 0 Å². The minimum Gasteiger partial charge on any atom is -0.384 e. The van der Waals surface area contributed by atoms with Gasteiger partial charge in [-0.1, -0.05) is 19.1 Å². The van der Waals surface area contributed by atoms with Gasteiger partial charge in [-0.25, -0.2) is 4.39 Å². The number of ketones is 1. The smallest absolute Gasteiger partial charge is 0.245 e. The van der Waals surface area contributed by atoms with Crippen molar-refractivity contribution in [1.82, 2.24) is 0 Å². The average molecular weight is 428 g/mol. The Hall–Kier alpha value is -3.92. The SMILES string of the molecule is CCc1ccc(N2C(N)=C(C#N)[C@]3(C(=O)Nc4ccc(F)cc43)C3=C2CCCC3=O)cc1. The number of nitrogens with one attached hydrogen (secondary N) is 1. The van der Waals surface area contributed by atoms with Gasteiger partial charge in [-0.2, -0.15) is 5.26 Å². The number of allylic oxidation sites excluding steroid dienone is 1. The van der Waals surface area contributed by atoms with Crippen molar-refractivity contribution >= 4 is 23.1 Å². The number of nitrogens with zero attached hydrogens (tertiary/aromatic N) is 2. The van der Waals surface area contributed by atoms with E-state index in [9.17, 15) is 19.2 Å². The summed E-state index contributed by atoms with van der Waals surface area (Å²) in [7, 11) is 0. The molecule has 0 unspecified atom stereocenters. The van der Waals surface area contributed by atoms with Crippen LogP contribution in [0.5, 0.6) is 0 Å². The molecule has 1 atom stereocenters. The molecule has 7 heteroatoms. The molecule has 0 aromatic heterocycles. The number of hydrogen-bond acceptors (Lipinski definition) is 5. The van der Waals surface area contributed by atoms with E-state index in [1.165, 1.54) is 18.2 Å². The van der Waals surface area contributed by atoms with Gasteiger partial charge in [0.15, 0.2) is 5.78 Å². The van der Waals surface area contributed by atoms with Crippen LogP contribution in [0.15, 0.2) is 65.1 Å². The summed E-state index contributed by atoms with van der Waals surface area (Å²) in [5.41, 5.74) is 8.05. The molecule has 1 aliphatic carbocycles. The molecule has 3 aliphatic rings. The van der Waals surface area contributed by atoms with Crippen LogP contribution in [-0.2, 0) is 21.4 Å². The number of amides is 1. The molecule has 0 fully saturated rings. The first-order valence-electron chi connectivity index (χ1n) is 10.6. The van der Waals surface area contributed by atoms with E-state index >= 15 is 0 Å². The van der Waals surface area contributed by atoms with Crippen LogP contribution in [0, 0.1) is 17.1 Å². The lowest BCUT2D eigenvalue weighted by Gasteiger charge is -2.43. The van der Waals surface area contributed by atoms with E-state index in [-0.39, 0.29) is 34.7 Å². The Morgan fingerprint density at radius 1 is 1.19 bits per heavy atom. The van der Waals surface area contributed by atoms with Crippen molar-refractivity contribution in [3.63, 3.8) is 0 Å². The van der Waals surface area contributed by atoms with Crippen LogP contribution >= 0.6 is 0 Å². The van der Waals surface area contributed by atoms with Gasteiger partial charge in [-0.3, -0.25) is 14.5 Å². The fourth-order valence-electron chi connectivity index (χ4n) is 5.14. The molecule has 1 amide bonds. The predicted octanol–water partition coefficient (Wildman–Crippen LogP) is 3.80. The number of anilines is 2. The van der Waals surface area contributed by atoms with Crippen LogP contribution in [0.1, 0.15) is 37.3 Å². The lowest BCUT2D eigenvalue weighted by molar-refractivity contribution is -0.122. The topological polar surface area (TPSA) is 99.2 Å². The van der Waals surface area contributed by atoms with Gasteiger partial charge in [0.1, 0.15) is 23.1 Å². The summed E-state index contributed by atoms with van der Waals surface area (Å²) in [5, 5.41) is 12.9. The number of hydrogen-bond donors (Lipinski definition) is 2. The van der Waals surface area contributed by atoms with Gasteiger partial charge in [0.05, 0.1) is 5.57 Å². The molecule has 3 N–H and O–H groups in total. The number of aryl methyl sites for hydroxylation is 1. The highest BCUT2D eigenvalue weighted by atomic mass is 19.1. The van der Waals surface area contributed by atoms with E-state index in [2.05, 4.69) is 18.3 Å². The van der Waals surface area contributed by atoms with Crippen molar-refractivity contribution in [3.05, 3.63) is 82.1 Å². The third-order valence-electron chi connectivity index (χ3n) is 6.59. The highest BCUT2D eigenvalue weighted by Crippen LogP contribution is 2.55. The monoisotopic (exact) mass is 428 g/mol. The molecule has 2 aromatic carbocycles. The van der Waals surface area contributed by atoms with E-state index in [1.807, 2.05) is 24.3 Å². The summed E-state index contributed by atoms with van der Waals surface area (Å²) < 4.78 is 14.3. The van der Waals surface area contributed by atoms with E-state index in [4.69, 9.17) is 5.73 Å². The Morgan fingerprint density at radius 2 is 1.94 bits per heavy atom. The Bertz CT molecular complexity index is 1290. The molecule has 32 heavy (non-hydrogen) atoms. The minimum absolute atomic E-state index is 0.0621. The van der Waals surface area contributed by atoms with Crippen molar-refractivity contribution in [3.8, 4) is 6.07 Å². The summed E-state index contributed by atoms with van der Waals surface area (Å²) >= 11 is 0. The summed E-state index contributed by atoms with van der Waals surface area (Å²) in [4.78, 5) is 28.5. The van der Waals surface area contributed by atoms with Crippen molar-refractivity contribution in [2.45, 2.75) is 38.0 Å². The number of rotatable bonds is 2. The summed E-state index contributed by atoms with van der Waals surface area (Å²) in [6, 6.07) is 13.7. The zero-order valence-corrected chi connectivity index (χ0v) is 17.5. The zero-order valence-electron chi connectivity index (χ0n) is 17.5. The third kappa shape index (κ3) is 2.50. The van der Waals surface area contributed by atoms with Gasteiger partial charge in [0.2, 0.25) is 5.91 Å². The highest BCUT2D eigenvalue weighted by Gasteiger charge is 2.60. The van der Waals surface area contributed by atoms with E-state index < -0.39 is 17.1 Å². The molecule has 160 valence electrons. The second-order valence-electron chi connectivity index (χ2n) is 8.22. The van der Waals surface area contributed by atoms with Crippen LogP contribution in [0.3, 0.4) is 0 Å². The molecule has 0 saturated carbocycles. The highest BCUT2D eigenvalue weighted by molar-refractivity contribution is 6.19. The van der Waals surface area contributed by atoms with Gasteiger partial charge in [-0.05, 0) is 55.2 Å². The van der Waals surface area contributed by atoms with Crippen LogP contribution in [-0.4, -0.2) is 11.7 Å². The van der Waals surface area contributed by atoms with Gasteiger partial charge in [0.25, 0.3) is 0 Å². The van der Waals surface area contributed by atoms with Crippen LogP contribution in [0.4, 0.5) is 15.8 Å². The maximum atomic E-state index is 14.3. The maximum Gasteiger partial charge on any atom is 0.245 e. The molecular weight excluding hydrogens is 407 g/mol. The van der Waals surface area contributed by atoms with E-state index in [0.29, 0.717) is 29.9 Å². The third-order valence-corrected chi connectivity index (χ3v) is 6.59. The Balaban J connectivity index is 1.85. The molecule has 1 spiro atoms. The second-order valence-corrected chi connectivity index (χ2v) is 8.22. The predicted molar refractivity (Wildman–Crippen MR) is 118 cm³/mol. The first-order chi connectivity index (χ1) is 15.4. The Labute approximate surface area is 184 Å². The molecule has 2 heterocycles. The number of carbonyl (C=O) groups excluding carboxylic acids is 2. The molecule has 0 saturated heterocycles. The van der Waals surface area contributed by atoms with Crippen LogP contribution < -0.4 is 16.0 Å². The molecule has 0 bridgehead atoms. The molecule has 2 aromatic rings. The van der Waals surface area contributed by atoms with Gasteiger partial charge in [-0.15, -0.1) is 0 Å². The molecule has 2 aliphatic heterocycles. The quantitative estimate of drug-likeness (QED) is 0.758. The second kappa shape index (κ2) is 7.06. The number of Topliss-reactive ketones (excluding diaryl/α,β-unsaturated/α-hetero) is 1. The fourth-order valence-corrected chi connectivity index (χ4v) is 5.14. The Kier molecular flexibility index (Phi) is 4.41. The summed E-state index contributed by atoms with van der Waals surface area (Å²) in [6.07, 6.45) is 2.23. The maximum absolute atomic E-state index is 14.3. The average Bonchev–Trinajstić information content (AvgIpc) is 3.06. The first-order valence-corrected chi connectivity index (χ1v) is 10.6. The molecule has 0 radical (unpaired) electrons. The molecule has 6 nitrogen and oxygen atoms in total. The lowest BCUT2D eigenvalue weighted by Crippen LogP contribution is -2.50. The standard InChI is InChI=1S/C25H21FN4O2/c1-2-14-6-9-16(10-7-14)30-20-4-3-5-21(31)22(20)25(18(13-27)23(30)28)17-12-15(26)8-11-19(17)29-24(25)32/h6-12H,2-5,28H2,1H3,(H,29,32)/t25-/m0/s1. The largest absolute Gasteiger partial charge is 0.384 e. The first kappa shape index (κ1) is 20.0. The van der Waals surface area contributed by atoms with Crippen LogP contribution in [0.25, 0.3) is 0 Å². The Morgan fingerprint density at radius 3 is 2.62 bits per heavy atom. The molecular formula is C25H21FN4O2. The van der Waals surface area contributed by atoms with Gasteiger partial charge in [0, 0.05) is 34.6 Å². The number of benzene rings is 2. The number of carbonyl (C=O) groups is 2. The number of fused-ring (bicyclic) bond motifs is 3. The molecule has 5 rings (SSSR count). The summed E-state index contributed by atoms with van der Waals surface area (Å²) in [6.45, 7) is 2.05. The van der Waals surface area contributed by atoms with Crippen molar-refractivity contribution < 1.29 is 14.0 Å². The fraction of sp³-hybridized carbons (Fsp3) is 0.240. The minimum atomic E-state index is -1.75. The van der Waals surface area contributed by atoms with Crippen molar-refractivity contribution in [1.29, 1.82) is 5.26 Å². The van der Waals surface area contributed by atoms with Gasteiger partial charge < -0.3 is 11.1 Å².